The molecule has 2 aromatic carbocycles. The van der Waals surface area contributed by atoms with Crippen LogP contribution >= 0.6 is 11.3 Å². The van der Waals surface area contributed by atoms with Crippen molar-refractivity contribution < 1.29 is 33.3 Å². The average Bonchev–Trinajstić information content (AvgIpc) is 3.73. The summed E-state index contributed by atoms with van der Waals surface area (Å²) >= 11 is 1.28. The molecule has 2 heterocycles. The molecule has 2 atom stereocenters. The van der Waals surface area contributed by atoms with Crippen LogP contribution < -0.4 is 29.7 Å². The largest absolute Gasteiger partial charge is 0.494 e. The van der Waals surface area contributed by atoms with Crippen LogP contribution in [-0.2, 0) is 14.3 Å². The lowest BCUT2D eigenvalue weighted by atomic mass is 10.0. The Labute approximate surface area is 243 Å². The van der Waals surface area contributed by atoms with Gasteiger partial charge in [-0.2, -0.15) is 0 Å². The van der Waals surface area contributed by atoms with Gasteiger partial charge in [-0.1, -0.05) is 12.1 Å². The van der Waals surface area contributed by atoms with Crippen molar-refractivity contribution in [3.63, 3.8) is 0 Å². The maximum atomic E-state index is 13.9. The molecule has 11 heteroatoms. The van der Waals surface area contributed by atoms with Gasteiger partial charge in [0.15, 0.2) is 11.5 Å². The number of benzene rings is 2. The molecular weight excluding hydrogens is 546 g/mol. The van der Waals surface area contributed by atoms with E-state index in [1.165, 1.54) is 30.5 Å². The standard InChI is InChI=1S/C30H35N3O7S/c1-4-39-22-12-10-21(11-13-22)33(27(34)19-32-29(35)26-8-6-16-41-26)28(30(36)31-18-23-7-5-15-40-23)20-9-14-24(37-2)25(17-20)38-3/h6,8-14,16-17,23,28H,4-5,7,15,18-19H2,1-3H3,(H,31,36)(H,32,35)/t23-,28+/m0/s1. The summed E-state index contributed by atoms with van der Waals surface area (Å²) in [6, 6.07) is 14.3. The third-order valence-corrected chi connectivity index (χ3v) is 7.47. The Morgan fingerprint density at radius 1 is 1.05 bits per heavy atom. The molecular formula is C30H35N3O7S. The number of methoxy groups -OCH3 is 2. The number of anilines is 1. The second kappa shape index (κ2) is 14.5. The quantitative estimate of drug-likeness (QED) is 0.314. The van der Waals surface area contributed by atoms with Gasteiger partial charge < -0.3 is 29.6 Å². The van der Waals surface area contributed by atoms with E-state index in [9.17, 15) is 14.4 Å². The van der Waals surface area contributed by atoms with Crippen LogP contribution in [0.3, 0.4) is 0 Å². The minimum atomic E-state index is -1.10. The molecule has 41 heavy (non-hydrogen) atoms. The lowest BCUT2D eigenvalue weighted by Crippen LogP contribution is -2.48. The first kappa shape index (κ1) is 29.9. The highest BCUT2D eigenvalue weighted by Crippen LogP contribution is 2.35. The van der Waals surface area contributed by atoms with Gasteiger partial charge in [0, 0.05) is 18.8 Å². The Hall–Kier alpha value is -4.09. The van der Waals surface area contributed by atoms with Crippen molar-refractivity contribution in [3.8, 4) is 17.2 Å². The molecule has 0 saturated carbocycles. The van der Waals surface area contributed by atoms with Gasteiger partial charge in [0.25, 0.3) is 5.91 Å². The number of nitrogens with one attached hydrogen (secondary N) is 2. The van der Waals surface area contributed by atoms with Gasteiger partial charge in [0.2, 0.25) is 11.8 Å². The smallest absolute Gasteiger partial charge is 0.261 e. The van der Waals surface area contributed by atoms with E-state index in [1.807, 2.05) is 6.92 Å². The van der Waals surface area contributed by atoms with Gasteiger partial charge in [-0.05, 0) is 73.2 Å². The number of carbonyl (C=O) groups excluding carboxylic acids is 3. The van der Waals surface area contributed by atoms with Crippen LogP contribution in [0.15, 0.2) is 60.0 Å². The third kappa shape index (κ3) is 7.56. The lowest BCUT2D eigenvalue weighted by Gasteiger charge is -2.32. The van der Waals surface area contributed by atoms with Gasteiger partial charge in [-0.15, -0.1) is 11.3 Å². The number of hydrogen-bond acceptors (Lipinski definition) is 8. The molecule has 3 aromatic rings. The number of ether oxygens (including phenoxy) is 4. The summed E-state index contributed by atoms with van der Waals surface area (Å²) in [5.41, 5.74) is 0.954. The molecule has 1 aromatic heterocycles. The maximum Gasteiger partial charge on any atom is 0.261 e. The predicted molar refractivity (Wildman–Crippen MR) is 156 cm³/mol. The zero-order valence-corrected chi connectivity index (χ0v) is 24.2. The molecule has 1 fully saturated rings. The number of thiophene rings is 1. The monoisotopic (exact) mass is 581 g/mol. The summed E-state index contributed by atoms with van der Waals surface area (Å²) in [4.78, 5) is 42.4. The number of hydrogen-bond donors (Lipinski definition) is 2. The minimum Gasteiger partial charge on any atom is -0.494 e. The zero-order valence-electron chi connectivity index (χ0n) is 23.4. The van der Waals surface area contributed by atoms with E-state index in [1.54, 1.807) is 60.0 Å². The first-order chi connectivity index (χ1) is 19.9. The van der Waals surface area contributed by atoms with Crippen molar-refractivity contribution in [3.05, 3.63) is 70.4 Å². The molecule has 0 bridgehead atoms. The van der Waals surface area contributed by atoms with Crippen molar-refractivity contribution in [2.45, 2.75) is 31.9 Å². The molecule has 0 spiro atoms. The highest BCUT2D eigenvalue weighted by Gasteiger charge is 2.34. The van der Waals surface area contributed by atoms with Crippen molar-refractivity contribution in [1.82, 2.24) is 10.6 Å². The zero-order chi connectivity index (χ0) is 29.2. The second-order valence-electron chi connectivity index (χ2n) is 9.25. The number of rotatable bonds is 13. The first-order valence-corrected chi connectivity index (χ1v) is 14.3. The van der Waals surface area contributed by atoms with Crippen LogP contribution in [-0.4, -0.2) is 64.3 Å². The van der Waals surface area contributed by atoms with E-state index in [4.69, 9.17) is 18.9 Å². The summed E-state index contributed by atoms with van der Waals surface area (Å²) in [6.45, 7) is 3.00. The van der Waals surface area contributed by atoms with Gasteiger partial charge in [0.05, 0.1) is 38.4 Å². The molecule has 218 valence electrons. The Morgan fingerprint density at radius 3 is 2.46 bits per heavy atom. The van der Waals surface area contributed by atoms with Crippen molar-refractivity contribution in [2.24, 2.45) is 0 Å². The Kier molecular flexibility index (Phi) is 10.6. The van der Waals surface area contributed by atoms with Gasteiger partial charge in [-0.3, -0.25) is 19.3 Å². The van der Waals surface area contributed by atoms with E-state index in [0.29, 0.717) is 53.1 Å². The van der Waals surface area contributed by atoms with Crippen molar-refractivity contribution >= 4 is 34.7 Å². The average molecular weight is 582 g/mol. The van der Waals surface area contributed by atoms with E-state index in [2.05, 4.69) is 10.6 Å². The summed E-state index contributed by atoms with van der Waals surface area (Å²) in [5.74, 6) is 0.264. The van der Waals surface area contributed by atoms with E-state index >= 15 is 0 Å². The van der Waals surface area contributed by atoms with Gasteiger partial charge in [0.1, 0.15) is 11.8 Å². The van der Waals surface area contributed by atoms with Crippen molar-refractivity contribution in [2.75, 3.05) is 45.4 Å². The predicted octanol–water partition coefficient (Wildman–Crippen LogP) is 3.96. The molecule has 4 rings (SSSR count). The highest BCUT2D eigenvalue weighted by atomic mass is 32.1. The molecule has 2 N–H and O–H groups in total. The minimum absolute atomic E-state index is 0.0929. The second-order valence-corrected chi connectivity index (χ2v) is 10.2. The number of nitrogens with zero attached hydrogens (tertiary/aromatic N) is 1. The highest BCUT2D eigenvalue weighted by molar-refractivity contribution is 7.12. The fourth-order valence-electron chi connectivity index (χ4n) is 4.60. The SMILES string of the molecule is CCOc1ccc(N(C(=O)CNC(=O)c2cccs2)[C@@H](C(=O)NC[C@@H]2CCCO2)c2ccc(OC)c(OC)c2)cc1. The van der Waals surface area contributed by atoms with E-state index in [-0.39, 0.29) is 18.6 Å². The van der Waals surface area contributed by atoms with Crippen LogP contribution in [0.4, 0.5) is 5.69 Å². The third-order valence-electron chi connectivity index (χ3n) is 6.60. The Balaban J connectivity index is 1.72. The summed E-state index contributed by atoms with van der Waals surface area (Å²) in [6.07, 6.45) is 1.68. The summed E-state index contributed by atoms with van der Waals surface area (Å²) < 4.78 is 22.2. The topological polar surface area (TPSA) is 115 Å². The molecule has 10 nitrogen and oxygen atoms in total. The lowest BCUT2D eigenvalue weighted by molar-refractivity contribution is -0.126. The summed E-state index contributed by atoms with van der Waals surface area (Å²) in [5, 5.41) is 7.45. The van der Waals surface area contributed by atoms with Crippen LogP contribution in [0.5, 0.6) is 17.2 Å². The molecule has 1 aliphatic heterocycles. The molecule has 1 saturated heterocycles. The van der Waals surface area contributed by atoms with Gasteiger partial charge in [-0.25, -0.2) is 0 Å². The van der Waals surface area contributed by atoms with Crippen LogP contribution in [0.2, 0.25) is 0 Å². The normalized spacial score (nSPS) is 15.0. The van der Waals surface area contributed by atoms with Crippen LogP contribution in [0, 0.1) is 0 Å². The fourth-order valence-corrected chi connectivity index (χ4v) is 5.24. The van der Waals surface area contributed by atoms with E-state index < -0.39 is 17.9 Å². The molecule has 0 radical (unpaired) electrons. The molecule has 0 aliphatic carbocycles. The van der Waals surface area contributed by atoms with Crippen molar-refractivity contribution in [1.29, 1.82) is 0 Å². The van der Waals surface area contributed by atoms with Crippen LogP contribution in [0.25, 0.3) is 0 Å². The van der Waals surface area contributed by atoms with E-state index in [0.717, 1.165) is 12.8 Å². The first-order valence-electron chi connectivity index (χ1n) is 13.4. The number of carbonyl (C=O) groups is 3. The van der Waals surface area contributed by atoms with Crippen LogP contribution in [0.1, 0.15) is 41.0 Å². The van der Waals surface area contributed by atoms with Gasteiger partial charge >= 0.3 is 0 Å². The Morgan fingerprint density at radius 2 is 1.83 bits per heavy atom. The Bertz CT molecular complexity index is 1310. The number of amides is 3. The fraction of sp³-hybridized carbons (Fsp3) is 0.367. The summed E-state index contributed by atoms with van der Waals surface area (Å²) in [7, 11) is 3.03. The molecule has 3 amide bonds. The molecule has 1 aliphatic rings. The molecule has 0 unspecified atom stereocenters. The maximum absolute atomic E-state index is 13.9.